The molecule has 1 N–H and O–H groups in total. The Kier molecular flexibility index (Phi) is 7.78. The highest BCUT2D eigenvalue weighted by Gasteiger charge is 2.37. The lowest BCUT2D eigenvalue weighted by molar-refractivity contribution is -0.142. The highest BCUT2D eigenvalue weighted by molar-refractivity contribution is 6.05. The summed E-state index contributed by atoms with van der Waals surface area (Å²) in [5.74, 6) is -0.722. The number of rotatable bonds is 6. The Bertz CT molecular complexity index is 1720. The molecule has 1 aliphatic rings. The van der Waals surface area contributed by atoms with Crippen molar-refractivity contribution < 1.29 is 22.8 Å². The van der Waals surface area contributed by atoms with Gasteiger partial charge < -0.3 is 10.2 Å². The van der Waals surface area contributed by atoms with E-state index in [1.54, 1.807) is 50.5 Å². The van der Waals surface area contributed by atoms with Gasteiger partial charge in [-0.25, -0.2) is 4.68 Å². The second-order valence-electron chi connectivity index (χ2n) is 9.50. The smallest absolute Gasteiger partial charge is 0.345 e. The number of carbonyl (C=O) groups excluding carboxylic acids is 2. The van der Waals surface area contributed by atoms with Gasteiger partial charge in [0.05, 0.1) is 5.69 Å². The molecule has 1 aliphatic carbocycles. The summed E-state index contributed by atoms with van der Waals surface area (Å²) in [6.07, 6.45) is 5.75. The van der Waals surface area contributed by atoms with E-state index in [0.29, 0.717) is 27.8 Å². The van der Waals surface area contributed by atoms with Crippen molar-refractivity contribution >= 4 is 23.2 Å². The monoisotopic (exact) mass is 571 g/mol. The summed E-state index contributed by atoms with van der Waals surface area (Å²) in [5, 5.41) is 14.5. The third-order valence-electron chi connectivity index (χ3n) is 6.29. The molecule has 42 heavy (non-hydrogen) atoms. The number of hydrogen-bond acceptors (Lipinski definition) is 6. The van der Waals surface area contributed by atoms with Crippen LogP contribution in [0, 0.1) is 0 Å². The first-order valence-corrected chi connectivity index (χ1v) is 12.7. The molecule has 3 heterocycles. The van der Waals surface area contributed by atoms with E-state index in [1.807, 2.05) is 24.3 Å². The van der Waals surface area contributed by atoms with Gasteiger partial charge in [-0.2, -0.15) is 18.3 Å². The fourth-order valence-corrected chi connectivity index (χ4v) is 4.20. The molecule has 12 heteroatoms. The number of amides is 2. The molecule has 212 valence electrons. The number of nitrogens with one attached hydrogen (secondary N) is 1. The number of alkyl halides is 3. The molecule has 5 rings (SSSR count). The zero-order chi connectivity index (χ0) is 29.9. The Balaban J connectivity index is 1.36. The lowest BCUT2D eigenvalue weighted by Gasteiger charge is -2.12. The standard InChI is InChI=1S/C30H24F3N7O2/c1-39(2)29(42)22-10-5-9-20(16-22)19-7-3-4-8-21(15-19)28(41)35-26-12-13-27(37-36-26)40-25(30(31,32)33)17-24(38-40)23-11-6-14-34-18-23/h3-7,9-18H,8H2,1-2H3,(H,35,36,41). The van der Waals surface area contributed by atoms with Crippen molar-refractivity contribution in [2.24, 2.45) is 0 Å². The Hall–Kier alpha value is -5.39. The first-order chi connectivity index (χ1) is 20.1. The van der Waals surface area contributed by atoms with Gasteiger partial charge in [-0.1, -0.05) is 30.4 Å². The number of pyridine rings is 1. The van der Waals surface area contributed by atoms with Gasteiger partial charge in [-0.05, 0) is 66.1 Å². The molecule has 0 saturated carbocycles. The van der Waals surface area contributed by atoms with Gasteiger partial charge >= 0.3 is 6.18 Å². The van der Waals surface area contributed by atoms with Gasteiger partial charge in [-0.3, -0.25) is 14.6 Å². The van der Waals surface area contributed by atoms with E-state index >= 15 is 0 Å². The van der Waals surface area contributed by atoms with E-state index < -0.39 is 17.8 Å². The molecule has 0 aliphatic heterocycles. The van der Waals surface area contributed by atoms with E-state index in [4.69, 9.17) is 0 Å². The molecule has 4 aromatic rings. The number of benzene rings is 1. The fraction of sp³-hybridized carbons (Fsp3) is 0.133. The van der Waals surface area contributed by atoms with Crippen molar-refractivity contribution in [3.05, 3.63) is 114 Å². The van der Waals surface area contributed by atoms with E-state index in [2.05, 4.69) is 25.6 Å². The van der Waals surface area contributed by atoms with Crippen molar-refractivity contribution in [2.45, 2.75) is 12.6 Å². The first-order valence-electron chi connectivity index (χ1n) is 12.7. The molecule has 9 nitrogen and oxygen atoms in total. The van der Waals surface area contributed by atoms with E-state index in [9.17, 15) is 22.8 Å². The lowest BCUT2D eigenvalue weighted by atomic mass is 10.00. The highest BCUT2D eigenvalue weighted by atomic mass is 19.4. The van der Waals surface area contributed by atoms with Crippen LogP contribution < -0.4 is 5.32 Å². The van der Waals surface area contributed by atoms with Crippen molar-refractivity contribution in [3.8, 4) is 17.1 Å². The number of aromatic nitrogens is 5. The molecule has 0 atom stereocenters. The van der Waals surface area contributed by atoms with Gasteiger partial charge in [0, 0.05) is 43.2 Å². The maximum Gasteiger partial charge on any atom is 0.433 e. The quantitative estimate of drug-likeness (QED) is 0.334. The van der Waals surface area contributed by atoms with E-state index in [0.717, 1.165) is 17.2 Å². The maximum atomic E-state index is 13.8. The van der Waals surface area contributed by atoms with Gasteiger partial charge in [0.25, 0.3) is 11.8 Å². The number of allylic oxidation sites excluding steroid dienone is 5. The minimum absolute atomic E-state index is 0.0511. The van der Waals surface area contributed by atoms with Gasteiger partial charge in [0.15, 0.2) is 17.3 Å². The summed E-state index contributed by atoms with van der Waals surface area (Å²) >= 11 is 0. The van der Waals surface area contributed by atoms with Crippen LogP contribution >= 0.6 is 0 Å². The topological polar surface area (TPSA) is 106 Å². The van der Waals surface area contributed by atoms with E-state index in [-0.39, 0.29) is 23.2 Å². The number of hydrogen-bond donors (Lipinski definition) is 1. The molecular weight excluding hydrogens is 547 g/mol. The fourth-order valence-electron chi connectivity index (χ4n) is 4.20. The Morgan fingerprint density at radius 1 is 1.00 bits per heavy atom. The molecule has 0 fully saturated rings. The average Bonchev–Trinajstić information content (AvgIpc) is 3.30. The molecular formula is C30H24F3N7O2. The van der Waals surface area contributed by atoms with Crippen LogP contribution in [0.2, 0.25) is 0 Å². The van der Waals surface area contributed by atoms with Crippen LogP contribution in [0.25, 0.3) is 22.6 Å². The number of anilines is 1. The third-order valence-corrected chi connectivity index (χ3v) is 6.29. The molecule has 0 bridgehead atoms. The minimum Gasteiger partial charge on any atom is -0.345 e. The van der Waals surface area contributed by atoms with E-state index in [1.165, 1.54) is 29.4 Å². The van der Waals surface area contributed by atoms with Crippen LogP contribution in [0.15, 0.2) is 96.9 Å². The van der Waals surface area contributed by atoms with Crippen LogP contribution in [0.4, 0.5) is 19.0 Å². The zero-order valence-electron chi connectivity index (χ0n) is 22.5. The largest absolute Gasteiger partial charge is 0.433 e. The Morgan fingerprint density at radius 3 is 2.50 bits per heavy atom. The number of halogens is 3. The SMILES string of the molecule is CN(C)C(=O)c1cccc(C2=CC=CCC(C(=O)Nc3ccc(-n4nc(-c5cccnc5)cc4C(F)(F)F)nn3)=C2)c1. The van der Waals surface area contributed by atoms with Gasteiger partial charge in [0.1, 0.15) is 0 Å². The maximum absolute atomic E-state index is 13.8. The predicted octanol–water partition coefficient (Wildman–Crippen LogP) is 5.35. The van der Waals surface area contributed by atoms with Gasteiger partial charge in [0.2, 0.25) is 0 Å². The van der Waals surface area contributed by atoms with Crippen molar-refractivity contribution in [1.82, 2.24) is 29.9 Å². The normalized spacial score (nSPS) is 13.2. The van der Waals surface area contributed by atoms with Gasteiger partial charge in [-0.15, -0.1) is 10.2 Å². The summed E-state index contributed by atoms with van der Waals surface area (Å²) in [6, 6.07) is 13.9. The van der Waals surface area contributed by atoms with Crippen LogP contribution in [0.5, 0.6) is 0 Å². The average molecular weight is 572 g/mol. The Morgan fingerprint density at radius 2 is 1.81 bits per heavy atom. The first kappa shape index (κ1) is 28.1. The second-order valence-corrected chi connectivity index (χ2v) is 9.50. The number of carbonyl (C=O) groups is 2. The lowest BCUT2D eigenvalue weighted by Crippen LogP contribution is -2.21. The molecule has 0 radical (unpaired) electrons. The van der Waals surface area contributed by atoms with Crippen molar-refractivity contribution in [2.75, 3.05) is 19.4 Å². The minimum atomic E-state index is -4.70. The number of nitrogens with zero attached hydrogens (tertiary/aromatic N) is 6. The molecule has 0 spiro atoms. The molecule has 0 saturated heterocycles. The summed E-state index contributed by atoms with van der Waals surface area (Å²) in [6.45, 7) is 0. The highest BCUT2D eigenvalue weighted by Crippen LogP contribution is 2.33. The predicted molar refractivity (Wildman–Crippen MR) is 150 cm³/mol. The zero-order valence-corrected chi connectivity index (χ0v) is 22.5. The third kappa shape index (κ3) is 6.17. The van der Waals surface area contributed by atoms with Crippen LogP contribution in [-0.4, -0.2) is 55.8 Å². The Labute approximate surface area is 238 Å². The summed E-state index contributed by atoms with van der Waals surface area (Å²) < 4.78 is 42.0. The summed E-state index contributed by atoms with van der Waals surface area (Å²) in [4.78, 5) is 30.9. The molecule has 0 unspecified atom stereocenters. The van der Waals surface area contributed by atoms with Crippen LogP contribution in [0.3, 0.4) is 0 Å². The summed E-state index contributed by atoms with van der Waals surface area (Å²) in [5.41, 5.74) is 1.87. The molecule has 3 aromatic heterocycles. The van der Waals surface area contributed by atoms with Crippen LogP contribution in [0.1, 0.15) is 28.0 Å². The van der Waals surface area contributed by atoms with Crippen molar-refractivity contribution in [1.29, 1.82) is 0 Å². The second kappa shape index (κ2) is 11.6. The molecule has 2 amide bonds. The van der Waals surface area contributed by atoms with Crippen molar-refractivity contribution in [3.63, 3.8) is 0 Å². The summed E-state index contributed by atoms with van der Waals surface area (Å²) in [7, 11) is 3.34. The van der Waals surface area contributed by atoms with Crippen LogP contribution in [-0.2, 0) is 11.0 Å². The molecule has 1 aromatic carbocycles.